The molecule has 0 aromatic carbocycles. The third kappa shape index (κ3) is 44.3. The molecule has 34 heavy (non-hydrogen) atoms. The molecule has 0 aliphatic heterocycles. The van der Waals surface area contributed by atoms with Gasteiger partial charge in [0.25, 0.3) is 0 Å². The Morgan fingerprint density at radius 3 is 1.26 bits per heavy atom. The molecule has 0 aromatic heterocycles. The second-order valence-corrected chi connectivity index (χ2v) is 12.6. The SMILES string of the molecule is CC(C)CC(=O)N(C)C.CCC(=O)CC(C)C.CN(C)CC(C)(C)C.CNC(=O)CC(C)(C)C. The van der Waals surface area contributed by atoms with Gasteiger partial charge in [-0.2, -0.15) is 0 Å². The largest absolute Gasteiger partial charge is 0.359 e. The highest BCUT2D eigenvalue weighted by atomic mass is 16.2. The van der Waals surface area contributed by atoms with Crippen LogP contribution in [0.25, 0.3) is 0 Å². The summed E-state index contributed by atoms with van der Waals surface area (Å²) in [5.74, 6) is 1.70. The van der Waals surface area contributed by atoms with Crippen molar-refractivity contribution in [1.82, 2.24) is 15.1 Å². The number of nitrogens with zero attached hydrogens (tertiary/aromatic N) is 2. The van der Waals surface area contributed by atoms with Gasteiger partial charge in [0, 0.05) is 53.4 Å². The maximum atomic E-state index is 10.9. The second-order valence-electron chi connectivity index (χ2n) is 12.6. The fraction of sp³-hybridized carbons (Fsp3) is 0.893. The van der Waals surface area contributed by atoms with Crippen LogP contribution in [-0.4, -0.2) is 69.2 Å². The number of carbonyl (C=O) groups excluding carboxylic acids is 3. The van der Waals surface area contributed by atoms with E-state index in [1.54, 1.807) is 26.0 Å². The Kier molecular flexibility index (Phi) is 24.4. The normalized spacial score (nSPS) is 10.9. The molecule has 0 fully saturated rings. The zero-order chi connectivity index (χ0) is 28.3. The summed E-state index contributed by atoms with van der Waals surface area (Å²) in [7, 11) is 9.43. The summed E-state index contributed by atoms with van der Waals surface area (Å²) in [6.07, 6.45) is 2.70. The number of ketones is 1. The first kappa shape index (κ1) is 39.8. The van der Waals surface area contributed by atoms with Gasteiger partial charge in [0.2, 0.25) is 11.8 Å². The van der Waals surface area contributed by atoms with E-state index in [1.165, 1.54) is 0 Å². The number of Topliss-reactive ketones (excluding diaryl/α,β-unsaturated/α-hetero) is 1. The minimum atomic E-state index is 0.111. The minimum absolute atomic E-state index is 0.111. The van der Waals surface area contributed by atoms with Crippen LogP contribution in [0.1, 0.15) is 102 Å². The van der Waals surface area contributed by atoms with Crippen LogP contribution in [0.4, 0.5) is 0 Å². The van der Waals surface area contributed by atoms with Gasteiger partial charge in [-0.25, -0.2) is 0 Å². The van der Waals surface area contributed by atoms with Crippen molar-refractivity contribution in [3.8, 4) is 0 Å². The van der Waals surface area contributed by atoms with Crippen LogP contribution in [0.2, 0.25) is 0 Å². The van der Waals surface area contributed by atoms with Gasteiger partial charge in [0.1, 0.15) is 5.78 Å². The maximum absolute atomic E-state index is 10.9. The fourth-order valence-corrected chi connectivity index (χ4v) is 2.65. The molecule has 1 N–H and O–H groups in total. The third-order valence-electron chi connectivity index (χ3n) is 3.87. The summed E-state index contributed by atoms with van der Waals surface area (Å²) in [6.45, 7) is 24.1. The average Bonchev–Trinajstić information content (AvgIpc) is 2.58. The number of hydrogen-bond acceptors (Lipinski definition) is 4. The highest BCUT2D eigenvalue weighted by Crippen LogP contribution is 2.17. The Hall–Kier alpha value is -1.43. The molecule has 0 aliphatic rings. The molecule has 0 aliphatic carbocycles. The van der Waals surface area contributed by atoms with Crippen LogP contribution in [-0.2, 0) is 14.4 Å². The van der Waals surface area contributed by atoms with Crippen LogP contribution in [0.3, 0.4) is 0 Å². The van der Waals surface area contributed by atoms with Crippen molar-refractivity contribution in [3.63, 3.8) is 0 Å². The Labute approximate surface area is 213 Å². The number of rotatable bonds is 7. The van der Waals surface area contributed by atoms with Crippen LogP contribution < -0.4 is 5.32 Å². The molecule has 2 amide bonds. The maximum Gasteiger partial charge on any atom is 0.222 e. The van der Waals surface area contributed by atoms with E-state index in [1.807, 2.05) is 41.5 Å². The smallest absolute Gasteiger partial charge is 0.222 e. The molecule has 206 valence electrons. The molecular weight excluding hydrogens is 426 g/mol. The van der Waals surface area contributed by atoms with E-state index in [9.17, 15) is 14.4 Å². The topological polar surface area (TPSA) is 69.7 Å². The highest BCUT2D eigenvalue weighted by Gasteiger charge is 2.14. The molecule has 0 bridgehead atoms. The van der Waals surface area contributed by atoms with E-state index in [2.05, 4.69) is 58.9 Å². The van der Waals surface area contributed by atoms with E-state index in [-0.39, 0.29) is 17.2 Å². The summed E-state index contributed by atoms with van der Waals surface area (Å²) in [5.41, 5.74) is 0.559. The minimum Gasteiger partial charge on any atom is -0.359 e. The van der Waals surface area contributed by atoms with E-state index >= 15 is 0 Å². The summed E-state index contributed by atoms with van der Waals surface area (Å²) >= 11 is 0. The molecular formula is C28H61N3O3. The molecule has 6 nitrogen and oxygen atoms in total. The summed E-state index contributed by atoms with van der Waals surface area (Å²) in [6, 6.07) is 0. The Bertz CT molecular complexity index is 526. The summed E-state index contributed by atoms with van der Waals surface area (Å²) < 4.78 is 0. The molecule has 0 spiro atoms. The molecule has 0 saturated heterocycles. The monoisotopic (exact) mass is 487 g/mol. The Balaban J connectivity index is -0.000000177. The number of carbonyl (C=O) groups is 3. The van der Waals surface area contributed by atoms with Crippen LogP contribution in [0, 0.1) is 22.7 Å². The van der Waals surface area contributed by atoms with Crippen molar-refractivity contribution in [1.29, 1.82) is 0 Å². The van der Waals surface area contributed by atoms with Crippen LogP contribution in [0.15, 0.2) is 0 Å². The first-order valence-electron chi connectivity index (χ1n) is 12.6. The van der Waals surface area contributed by atoms with Gasteiger partial charge in [-0.05, 0) is 36.8 Å². The first-order chi connectivity index (χ1) is 15.1. The number of hydrogen-bond donors (Lipinski definition) is 1. The lowest BCUT2D eigenvalue weighted by molar-refractivity contribution is -0.129. The second kappa shape index (κ2) is 20.9. The van der Waals surface area contributed by atoms with Crippen molar-refractivity contribution < 1.29 is 14.4 Å². The van der Waals surface area contributed by atoms with Crippen molar-refractivity contribution >= 4 is 17.6 Å². The van der Waals surface area contributed by atoms with Gasteiger partial charge in [0.05, 0.1) is 0 Å². The quantitative estimate of drug-likeness (QED) is 0.486. The Morgan fingerprint density at radius 2 is 1.18 bits per heavy atom. The van der Waals surface area contributed by atoms with Crippen molar-refractivity contribution in [2.24, 2.45) is 22.7 Å². The van der Waals surface area contributed by atoms with Gasteiger partial charge in [-0.3, -0.25) is 14.4 Å². The molecule has 0 rings (SSSR count). The van der Waals surface area contributed by atoms with Gasteiger partial charge in [-0.1, -0.05) is 76.2 Å². The van der Waals surface area contributed by atoms with Crippen LogP contribution >= 0.6 is 0 Å². The Morgan fingerprint density at radius 1 is 0.765 bits per heavy atom. The third-order valence-corrected chi connectivity index (χ3v) is 3.87. The van der Waals surface area contributed by atoms with Crippen LogP contribution in [0.5, 0.6) is 0 Å². The molecule has 0 unspecified atom stereocenters. The zero-order valence-electron chi connectivity index (χ0n) is 25.8. The molecule has 0 atom stereocenters. The van der Waals surface area contributed by atoms with Gasteiger partial charge in [0.15, 0.2) is 0 Å². The summed E-state index contributed by atoms with van der Waals surface area (Å²) in [5, 5.41) is 2.58. The number of amides is 2. The van der Waals surface area contributed by atoms with E-state index < -0.39 is 0 Å². The average molecular weight is 488 g/mol. The van der Waals surface area contributed by atoms with Gasteiger partial charge in [-0.15, -0.1) is 0 Å². The van der Waals surface area contributed by atoms with Crippen molar-refractivity contribution in [3.05, 3.63) is 0 Å². The number of nitrogens with one attached hydrogen (secondary N) is 1. The van der Waals surface area contributed by atoms with Gasteiger partial charge >= 0.3 is 0 Å². The predicted molar refractivity (Wildman–Crippen MR) is 149 cm³/mol. The van der Waals surface area contributed by atoms with E-state index in [4.69, 9.17) is 0 Å². The highest BCUT2D eigenvalue weighted by molar-refractivity contribution is 5.78. The fourth-order valence-electron chi connectivity index (χ4n) is 2.65. The lowest BCUT2D eigenvalue weighted by Gasteiger charge is -2.22. The summed E-state index contributed by atoms with van der Waals surface area (Å²) in [4.78, 5) is 36.1. The molecule has 0 radical (unpaired) electrons. The molecule has 0 heterocycles. The molecule has 0 aromatic rings. The zero-order valence-corrected chi connectivity index (χ0v) is 25.8. The molecule has 6 heteroatoms. The first-order valence-corrected chi connectivity index (χ1v) is 12.6. The van der Waals surface area contributed by atoms with Crippen molar-refractivity contribution in [2.75, 3.05) is 41.8 Å². The standard InChI is InChI=1S/2C7H15NO.C7H17N.C7H14O/c1-7(2,3)5-6(9)8-4;1-6(2)5-7(9)8(3)4;1-7(2,3)6-8(4)5;1-4-7(8)5-6(2)3/h5H2,1-4H3,(H,8,9);6H,5H2,1-4H3;6H2,1-5H3;6H,4-5H2,1-3H3. The lowest BCUT2D eigenvalue weighted by atomic mass is 9.92. The van der Waals surface area contributed by atoms with E-state index in [0.29, 0.717) is 42.3 Å². The van der Waals surface area contributed by atoms with E-state index in [0.717, 1.165) is 13.0 Å². The predicted octanol–water partition coefficient (Wildman–Crippen LogP) is 5.90. The molecule has 0 saturated carbocycles. The van der Waals surface area contributed by atoms with Crippen molar-refractivity contribution in [2.45, 2.75) is 102 Å². The lowest BCUT2D eigenvalue weighted by Crippen LogP contribution is -2.25. The van der Waals surface area contributed by atoms with Gasteiger partial charge < -0.3 is 15.1 Å².